The first-order valence-electron chi connectivity index (χ1n) is 10.9. The first-order chi connectivity index (χ1) is 17.1. The summed E-state index contributed by atoms with van der Waals surface area (Å²) in [5.41, 5.74) is 2.11. The Morgan fingerprint density at radius 3 is 2.53 bits per heavy atom. The Labute approximate surface area is 205 Å². The van der Waals surface area contributed by atoms with Crippen LogP contribution >= 0.6 is 0 Å². The molecule has 1 heterocycles. The highest BCUT2D eigenvalue weighted by Crippen LogP contribution is 2.31. The number of aliphatic hydroxyl groups is 1. The van der Waals surface area contributed by atoms with Crippen LogP contribution in [0, 0.1) is 25.2 Å². The molecule has 4 aromatic rings. The molecular formula is C27H21F3N4O2. The van der Waals surface area contributed by atoms with Crippen LogP contribution in [0.15, 0.2) is 72.8 Å². The highest BCUT2D eigenvalue weighted by atomic mass is 19.4. The number of hydrogen-bond acceptors (Lipinski definition) is 4. The minimum Gasteiger partial charge on any atom is -0.384 e. The number of halogens is 3. The zero-order valence-corrected chi connectivity index (χ0v) is 19.3. The summed E-state index contributed by atoms with van der Waals surface area (Å²) in [6.45, 7) is 3.79. The highest BCUT2D eigenvalue weighted by Gasteiger charge is 2.36. The first-order valence-corrected chi connectivity index (χ1v) is 10.9. The molecule has 182 valence electrons. The van der Waals surface area contributed by atoms with Crippen molar-refractivity contribution in [3.05, 3.63) is 112 Å². The average molecular weight is 490 g/mol. The van der Waals surface area contributed by atoms with Gasteiger partial charge in [0.2, 0.25) is 0 Å². The molecule has 0 bridgehead atoms. The summed E-state index contributed by atoms with van der Waals surface area (Å²) in [6, 6.07) is 20.5. The molecule has 0 aliphatic rings. The molecule has 3 aromatic carbocycles. The Bertz CT molecular complexity index is 1490. The number of aliphatic hydroxyl groups excluding tert-OH is 1. The molecule has 1 aromatic heterocycles. The Morgan fingerprint density at radius 1 is 1.06 bits per heavy atom. The van der Waals surface area contributed by atoms with Crippen molar-refractivity contribution in [2.75, 3.05) is 5.32 Å². The lowest BCUT2D eigenvalue weighted by Gasteiger charge is -2.16. The third-order valence-electron chi connectivity index (χ3n) is 5.64. The van der Waals surface area contributed by atoms with E-state index in [2.05, 4.69) is 10.4 Å². The second-order valence-corrected chi connectivity index (χ2v) is 8.33. The third-order valence-corrected chi connectivity index (χ3v) is 5.64. The number of amides is 1. The lowest BCUT2D eigenvalue weighted by atomic mass is 9.95. The molecule has 0 spiro atoms. The van der Waals surface area contributed by atoms with Crippen LogP contribution in [0.2, 0.25) is 0 Å². The van der Waals surface area contributed by atoms with Gasteiger partial charge < -0.3 is 10.4 Å². The summed E-state index contributed by atoms with van der Waals surface area (Å²) in [4.78, 5) is 13.1. The fourth-order valence-electron chi connectivity index (χ4n) is 3.80. The van der Waals surface area contributed by atoms with E-state index < -0.39 is 23.9 Å². The minimum atomic E-state index is -4.77. The largest absolute Gasteiger partial charge is 0.435 e. The number of anilines is 1. The van der Waals surface area contributed by atoms with Crippen molar-refractivity contribution < 1.29 is 23.1 Å². The number of aryl methyl sites for hydroxylation is 2. The third kappa shape index (κ3) is 5.14. The van der Waals surface area contributed by atoms with Crippen LogP contribution in [0.25, 0.3) is 5.69 Å². The van der Waals surface area contributed by atoms with Gasteiger partial charge in [-0.1, -0.05) is 42.0 Å². The van der Waals surface area contributed by atoms with E-state index in [-0.39, 0.29) is 22.6 Å². The Morgan fingerprint density at radius 2 is 1.81 bits per heavy atom. The molecular weight excluding hydrogens is 469 g/mol. The molecule has 0 saturated carbocycles. The zero-order valence-electron chi connectivity index (χ0n) is 19.3. The number of nitrogens with one attached hydrogen (secondary N) is 1. The van der Waals surface area contributed by atoms with Gasteiger partial charge in [-0.2, -0.15) is 23.5 Å². The molecule has 1 atom stereocenters. The SMILES string of the molecule is Cc1ccc(C)c(C(O)c2cccc(NC(=O)c3cc(C(F)(F)F)nn3-c3cccc(C#N)c3)c2)c1. The molecule has 1 amide bonds. The van der Waals surface area contributed by atoms with Gasteiger partial charge in [-0.3, -0.25) is 4.79 Å². The number of nitrogens with zero attached hydrogens (tertiary/aromatic N) is 3. The van der Waals surface area contributed by atoms with E-state index in [0.29, 0.717) is 17.2 Å². The van der Waals surface area contributed by atoms with Gasteiger partial charge in [0, 0.05) is 11.8 Å². The van der Waals surface area contributed by atoms with E-state index >= 15 is 0 Å². The quantitative estimate of drug-likeness (QED) is 0.375. The standard InChI is InChI=1S/C27H21F3N4O2/c1-16-9-10-17(2)22(11-16)25(35)19-6-4-7-20(13-19)32-26(36)23-14-24(27(28,29)30)33-34(23)21-8-3-5-18(12-21)15-31/h3-14,25,35H,1-2H3,(H,32,36). The molecule has 6 nitrogen and oxygen atoms in total. The maximum atomic E-state index is 13.4. The van der Waals surface area contributed by atoms with Crippen LogP contribution in [0.3, 0.4) is 0 Å². The molecule has 9 heteroatoms. The van der Waals surface area contributed by atoms with E-state index in [4.69, 9.17) is 5.26 Å². The summed E-state index contributed by atoms with van der Waals surface area (Å²) < 4.78 is 41.1. The number of nitriles is 1. The summed E-state index contributed by atoms with van der Waals surface area (Å²) in [7, 11) is 0. The van der Waals surface area contributed by atoms with E-state index in [9.17, 15) is 23.1 Å². The second kappa shape index (κ2) is 9.68. The number of alkyl halides is 3. The normalized spacial score (nSPS) is 12.1. The van der Waals surface area contributed by atoms with Gasteiger partial charge in [-0.25, -0.2) is 4.68 Å². The van der Waals surface area contributed by atoms with Crippen LogP contribution in [0.5, 0.6) is 0 Å². The summed E-state index contributed by atoms with van der Waals surface area (Å²) in [6.07, 6.45) is -5.74. The topological polar surface area (TPSA) is 90.9 Å². The smallest absolute Gasteiger partial charge is 0.384 e. The molecule has 0 aliphatic carbocycles. The Hall–Kier alpha value is -4.42. The van der Waals surface area contributed by atoms with Crippen molar-refractivity contribution in [3.8, 4) is 11.8 Å². The van der Waals surface area contributed by atoms with Crippen molar-refractivity contribution in [3.63, 3.8) is 0 Å². The summed E-state index contributed by atoms with van der Waals surface area (Å²) in [5.74, 6) is -0.835. The van der Waals surface area contributed by atoms with Gasteiger partial charge in [0.25, 0.3) is 5.91 Å². The monoisotopic (exact) mass is 490 g/mol. The number of hydrogen-bond donors (Lipinski definition) is 2. The number of carbonyl (C=O) groups excluding carboxylic acids is 1. The van der Waals surface area contributed by atoms with Crippen LogP contribution in [0.1, 0.15) is 50.1 Å². The Balaban J connectivity index is 1.68. The maximum absolute atomic E-state index is 13.4. The van der Waals surface area contributed by atoms with E-state index in [1.54, 1.807) is 24.3 Å². The number of rotatable bonds is 5. The predicted octanol–water partition coefficient (Wildman–Crippen LogP) is 5.71. The van der Waals surface area contributed by atoms with Crippen molar-refractivity contribution in [1.29, 1.82) is 5.26 Å². The molecule has 36 heavy (non-hydrogen) atoms. The summed E-state index contributed by atoms with van der Waals surface area (Å²) >= 11 is 0. The van der Waals surface area contributed by atoms with Gasteiger partial charge in [0.1, 0.15) is 11.8 Å². The van der Waals surface area contributed by atoms with Crippen LogP contribution in [-0.2, 0) is 6.18 Å². The van der Waals surface area contributed by atoms with Crippen LogP contribution < -0.4 is 5.32 Å². The van der Waals surface area contributed by atoms with E-state index in [1.165, 1.54) is 24.3 Å². The van der Waals surface area contributed by atoms with Gasteiger partial charge in [-0.05, 0) is 60.9 Å². The molecule has 1 unspecified atom stereocenters. The molecule has 2 N–H and O–H groups in total. The molecule has 0 saturated heterocycles. The fraction of sp³-hybridized carbons (Fsp3) is 0.148. The van der Waals surface area contributed by atoms with E-state index in [0.717, 1.165) is 15.8 Å². The van der Waals surface area contributed by atoms with Gasteiger partial charge in [0.05, 0.1) is 17.3 Å². The highest BCUT2D eigenvalue weighted by molar-refractivity contribution is 6.03. The number of aromatic nitrogens is 2. The van der Waals surface area contributed by atoms with E-state index in [1.807, 2.05) is 38.1 Å². The van der Waals surface area contributed by atoms with Gasteiger partial charge in [-0.15, -0.1) is 0 Å². The van der Waals surface area contributed by atoms with Crippen molar-refractivity contribution in [1.82, 2.24) is 9.78 Å². The Kier molecular flexibility index (Phi) is 6.64. The lowest BCUT2D eigenvalue weighted by molar-refractivity contribution is -0.141. The molecule has 0 fully saturated rings. The average Bonchev–Trinajstić information content (AvgIpc) is 3.32. The molecule has 4 rings (SSSR count). The number of benzene rings is 3. The minimum absolute atomic E-state index is 0.133. The maximum Gasteiger partial charge on any atom is 0.435 e. The van der Waals surface area contributed by atoms with Crippen molar-refractivity contribution in [2.24, 2.45) is 0 Å². The number of carbonyl (C=O) groups is 1. The molecule has 0 aliphatic heterocycles. The van der Waals surface area contributed by atoms with Crippen LogP contribution in [0.4, 0.5) is 18.9 Å². The molecule has 0 radical (unpaired) electrons. The predicted molar refractivity (Wildman–Crippen MR) is 128 cm³/mol. The first kappa shape index (κ1) is 24.7. The fourth-order valence-corrected chi connectivity index (χ4v) is 3.80. The van der Waals surface area contributed by atoms with Crippen molar-refractivity contribution >= 4 is 11.6 Å². The lowest BCUT2D eigenvalue weighted by Crippen LogP contribution is -2.17. The van der Waals surface area contributed by atoms with Gasteiger partial charge >= 0.3 is 6.18 Å². The van der Waals surface area contributed by atoms with Crippen molar-refractivity contribution in [2.45, 2.75) is 26.1 Å². The van der Waals surface area contributed by atoms with Crippen LogP contribution in [-0.4, -0.2) is 20.8 Å². The second-order valence-electron chi connectivity index (χ2n) is 8.33. The van der Waals surface area contributed by atoms with Gasteiger partial charge in [0.15, 0.2) is 5.69 Å². The summed E-state index contributed by atoms with van der Waals surface area (Å²) in [5, 5.41) is 26.2. The zero-order chi connectivity index (χ0) is 26.0.